The van der Waals surface area contributed by atoms with Crippen molar-refractivity contribution < 1.29 is 14.7 Å². The van der Waals surface area contributed by atoms with Crippen LogP contribution in [0.1, 0.15) is 35.8 Å². The van der Waals surface area contributed by atoms with Gasteiger partial charge in [0.05, 0.1) is 6.42 Å². The number of aliphatic carboxylic acids is 1. The van der Waals surface area contributed by atoms with E-state index in [2.05, 4.69) is 10.6 Å². The standard InChI is InChI=1S/C13H19N3O3/c17-12(18)5-8-15-13(19)11-2-1-9-16(11)10-3-6-14-7-4-10/h1-2,9-10,14H,3-8H2,(H,15,19)(H,17,18). The van der Waals surface area contributed by atoms with Gasteiger partial charge < -0.3 is 20.3 Å². The lowest BCUT2D eigenvalue weighted by Crippen LogP contribution is -2.33. The zero-order valence-corrected chi connectivity index (χ0v) is 10.8. The number of hydrogen-bond donors (Lipinski definition) is 3. The van der Waals surface area contributed by atoms with Gasteiger partial charge in [-0.1, -0.05) is 0 Å². The van der Waals surface area contributed by atoms with Crippen molar-refractivity contribution in [2.24, 2.45) is 0 Å². The van der Waals surface area contributed by atoms with Gasteiger partial charge in [-0.3, -0.25) is 9.59 Å². The van der Waals surface area contributed by atoms with Gasteiger partial charge in [-0.2, -0.15) is 0 Å². The van der Waals surface area contributed by atoms with E-state index < -0.39 is 5.97 Å². The van der Waals surface area contributed by atoms with Crippen LogP contribution in [0, 0.1) is 0 Å². The van der Waals surface area contributed by atoms with Crippen LogP contribution in [0.4, 0.5) is 0 Å². The minimum atomic E-state index is -0.908. The zero-order chi connectivity index (χ0) is 13.7. The lowest BCUT2D eigenvalue weighted by molar-refractivity contribution is -0.136. The predicted octanol–water partition coefficient (Wildman–Crippen LogP) is 0.617. The average molecular weight is 265 g/mol. The molecule has 1 aromatic rings. The number of carboxylic acid groups (broad SMARTS) is 1. The fourth-order valence-corrected chi connectivity index (χ4v) is 2.36. The lowest BCUT2D eigenvalue weighted by atomic mass is 10.1. The molecule has 1 aliphatic rings. The Morgan fingerprint density at radius 3 is 2.84 bits per heavy atom. The van der Waals surface area contributed by atoms with Crippen molar-refractivity contribution in [1.29, 1.82) is 0 Å². The fourth-order valence-electron chi connectivity index (χ4n) is 2.36. The van der Waals surface area contributed by atoms with Crippen LogP contribution in [0.5, 0.6) is 0 Å². The molecule has 1 fully saturated rings. The minimum absolute atomic E-state index is 0.0558. The Labute approximate surface area is 111 Å². The second kappa shape index (κ2) is 6.38. The molecule has 6 heteroatoms. The first-order chi connectivity index (χ1) is 9.18. The van der Waals surface area contributed by atoms with Gasteiger partial charge >= 0.3 is 5.97 Å². The van der Waals surface area contributed by atoms with Crippen LogP contribution in [0.25, 0.3) is 0 Å². The summed E-state index contributed by atoms with van der Waals surface area (Å²) in [6, 6.07) is 3.98. The molecule has 6 nitrogen and oxygen atoms in total. The Hall–Kier alpha value is -1.82. The maximum atomic E-state index is 12.0. The molecule has 19 heavy (non-hydrogen) atoms. The molecule has 104 valence electrons. The summed E-state index contributed by atoms with van der Waals surface area (Å²) in [6.07, 6.45) is 3.87. The smallest absolute Gasteiger partial charge is 0.305 e. The Morgan fingerprint density at radius 1 is 1.42 bits per heavy atom. The molecule has 0 radical (unpaired) electrons. The summed E-state index contributed by atoms with van der Waals surface area (Å²) in [5.41, 5.74) is 0.609. The molecule has 2 rings (SSSR count). The Morgan fingerprint density at radius 2 is 2.16 bits per heavy atom. The zero-order valence-electron chi connectivity index (χ0n) is 10.8. The molecule has 0 atom stereocenters. The van der Waals surface area contributed by atoms with Crippen LogP contribution in [0.15, 0.2) is 18.3 Å². The summed E-state index contributed by atoms with van der Waals surface area (Å²) in [4.78, 5) is 22.4. The van der Waals surface area contributed by atoms with Crippen LogP contribution in [0.3, 0.4) is 0 Å². The van der Waals surface area contributed by atoms with E-state index in [1.807, 2.05) is 16.8 Å². The summed E-state index contributed by atoms with van der Waals surface area (Å²) in [6.45, 7) is 2.08. The number of carboxylic acids is 1. The molecule has 1 aliphatic heterocycles. The van der Waals surface area contributed by atoms with Gasteiger partial charge in [-0.15, -0.1) is 0 Å². The molecular formula is C13H19N3O3. The molecule has 0 aliphatic carbocycles. The Balaban J connectivity index is 1.97. The van der Waals surface area contributed by atoms with E-state index in [-0.39, 0.29) is 18.9 Å². The molecule has 1 aromatic heterocycles. The third kappa shape index (κ3) is 3.57. The second-order valence-electron chi connectivity index (χ2n) is 4.68. The van der Waals surface area contributed by atoms with Crippen LogP contribution in [-0.4, -0.2) is 41.2 Å². The van der Waals surface area contributed by atoms with Gasteiger partial charge in [0.1, 0.15) is 5.69 Å². The van der Waals surface area contributed by atoms with Crippen molar-refractivity contribution >= 4 is 11.9 Å². The maximum Gasteiger partial charge on any atom is 0.305 e. The van der Waals surface area contributed by atoms with Crippen molar-refractivity contribution in [2.45, 2.75) is 25.3 Å². The second-order valence-corrected chi connectivity index (χ2v) is 4.68. The van der Waals surface area contributed by atoms with Gasteiger partial charge in [0.25, 0.3) is 5.91 Å². The summed E-state index contributed by atoms with van der Waals surface area (Å²) >= 11 is 0. The maximum absolute atomic E-state index is 12.0. The van der Waals surface area contributed by atoms with E-state index in [0.29, 0.717) is 11.7 Å². The van der Waals surface area contributed by atoms with Crippen molar-refractivity contribution in [3.05, 3.63) is 24.0 Å². The van der Waals surface area contributed by atoms with Gasteiger partial charge in [0.15, 0.2) is 0 Å². The highest BCUT2D eigenvalue weighted by atomic mass is 16.4. The number of amides is 1. The number of aromatic nitrogens is 1. The highest BCUT2D eigenvalue weighted by Crippen LogP contribution is 2.21. The fraction of sp³-hybridized carbons (Fsp3) is 0.538. The van der Waals surface area contributed by atoms with Gasteiger partial charge in [-0.05, 0) is 38.1 Å². The molecule has 1 saturated heterocycles. The van der Waals surface area contributed by atoms with Crippen molar-refractivity contribution in [1.82, 2.24) is 15.2 Å². The molecule has 0 saturated carbocycles. The Kier molecular flexibility index (Phi) is 4.57. The lowest BCUT2D eigenvalue weighted by Gasteiger charge is -2.25. The van der Waals surface area contributed by atoms with E-state index in [1.165, 1.54) is 0 Å². The number of piperidine rings is 1. The first-order valence-electron chi connectivity index (χ1n) is 6.56. The van der Waals surface area contributed by atoms with E-state index in [0.717, 1.165) is 25.9 Å². The van der Waals surface area contributed by atoms with Gasteiger partial charge in [0, 0.05) is 18.8 Å². The number of hydrogen-bond acceptors (Lipinski definition) is 3. The van der Waals surface area contributed by atoms with Gasteiger partial charge in [-0.25, -0.2) is 0 Å². The molecule has 0 aromatic carbocycles. The summed E-state index contributed by atoms with van der Waals surface area (Å²) < 4.78 is 2.00. The first kappa shape index (κ1) is 13.6. The van der Waals surface area contributed by atoms with E-state index >= 15 is 0 Å². The molecule has 1 amide bonds. The van der Waals surface area contributed by atoms with Crippen LogP contribution in [0.2, 0.25) is 0 Å². The summed E-state index contributed by atoms with van der Waals surface area (Å²) in [5.74, 6) is -1.11. The van der Waals surface area contributed by atoms with Crippen LogP contribution < -0.4 is 10.6 Å². The highest BCUT2D eigenvalue weighted by molar-refractivity contribution is 5.93. The van der Waals surface area contributed by atoms with Crippen molar-refractivity contribution in [3.63, 3.8) is 0 Å². The van der Waals surface area contributed by atoms with Crippen LogP contribution >= 0.6 is 0 Å². The number of carbonyl (C=O) groups excluding carboxylic acids is 1. The van der Waals surface area contributed by atoms with E-state index in [9.17, 15) is 9.59 Å². The molecule has 0 unspecified atom stereocenters. The van der Waals surface area contributed by atoms with Gasteiger partial charge in [0.2, 0.25) is 0 Å². The average Bonchev–Trinajstić information content (AvgIpc) is 2.88. The largest absolute Gasteiger partial charge is 0.481 e. The van der Waals surface area contributed by atoms with Crippen molar-refractivity contribution in [3.8, 4) is 0 Å². The molecule has 3 N–H and O–H groups in total. The Bertz CT molecular complexity index is 450. The predicted molar refractivity (Wildman–Crippen MR) is 70.2 cm³/mol. The quantitative estimate of drug-likeness (QED) is 0.728. The monoisotopic (exact) mass is 265 g/mol. The third-order valence-electron chi connectivity index (χ3n) is 3.34. The highest BCUT2D eigenvalue weighted by Gasteiger charge is 2.19. The topological polar surface area (TPSA) is 83.4 Å². The van der Waals surface area contributed by atoms with Crippen LogP contribution in [-0.2, 0) is 4.79 Å². The normalized spacial score (nSPS) is 16.2. The molecule has 0 spiro atoms. The van der Waals surface area contributed by atoms with E-state index in [1.54, 1.807) is 6.07 Å². The SMILES string of the molecule is O=C(O)CCNC(=O)c1cccn1C1CCNCC1. The number of carbonyl (C=O) groups is 2. The van der Waals surface area contributed by atoms with E-state index in [4.69, 9.17) is 5.11 Å². The number of nitrogens with one attached hydrogen (secondary N) is 2. The van der Waals surface area contributed by atoms with Crippen molar-refractivity contribution in [2.75, 3.05) is 19.6 Å². The number of nitrogens with zero attached hydrogens (tertiary/aromatic N) is 1. The minimum Gasteiger partial charge on any atom is -0.481 e. The first-order valence-corrected chi connectivity index (χ1v) is 6.56. The molecule has 0 bridgehead atoms. The molecule has 2 heterocycles. The third-order valence-corrected chi connectivity index (χ3v) is 3.34. The summed E-state index contributed by atoms with van der Waals surface area (Å²) in [7, 11) is 0. The summed E-state index contributed by atoms with van der Waals surface area (Å²) in [5, 5.41) is 14.5. The molecular weight excluding hydrogens is 246 g/mol. The number of rotatable bonds is 5.